The second-order valence-electron chi connectivity index (χ2n) is 4.76. The summed E-state index contributed by atoms with van der Waals surface area (Å²) in [5.74, 6) is 0.723. The zero-order valence-corrected chi connectivity index (χ0v) is 13.3. The number of aromatic nitrogens is 4. The van der Waals surface area contributed by atoms with E-state index in [1.54, 1.807) is 18.6 Å². The van der Waals surface area contributed by atoms with Gasteiger partial charge in [0, 0.05) is 18.6 Å². The van der Waals surface area contributed by atoms with Gasteiger partial charge in [-0.2, -0.15) is 4.98 Å². The van der Waals surface area contributed by atoms with Crippen molar-refractivity contribution in [3.63, 3.8) is 0 Å². The van der Waals surface area contributed by atoms with Crippen LogP contribution in [-0.2, 0) is 6.61 Å². The Hall–Kier alpha value is -3.22. The van der Waals surface area contributed by atoms with Gasteiger partial charge in [-0.15, -0.1) is 0 Å². The number of benzene rings is 1. The van der Waals surface area contributed by atoms with Crippen molar-refractivity contribution in [3.8, 4) is 29.0 Å². The minimum atomic E-state index is 0.214. The van der Waals surface area contributed by atoms with Gasteiger partial charge >= 0.3 is 6.01 Å². The van der Waals surface area contributed by atoms with Gasteiger partial charge in [-0.05, 0) is 5.56 Å². The minimum absolute atomic E-state index is 0.214. The van der Waals surface area contributed by atoms with Crippen molar-refractivity contribution < 1.29 is 14.2 Å². The van der Waals surface area contributed by atoms with Crippen molar-refractivity contribution in [2.75, 3.05) is 14.2 Å². The van der Waals surface area contributed by atoms with Gasteiger partial charge in [-0.25, -0.2) is 15.0 Å². The maximum atomic E-state index is 5.82. The van der Waals surface area contributed by atoms with Crippen molar-refractivity contribution in [2.24, 2.45) is 0 Å². The molecule has 1 aromatic carbocycles. The third-order valence-electron chi connectivity index (χ3n) is 3.25. The number of methoxy groups -OCH3 is 2. The Kier molecular flexibility index (Phi) is 4.81. The fourth-order valence-electron chi connectivity index (χ4n) is 2.11. The molecule has 0 amide bonds. The summed E-state index contributed by atoms with van der Waals surface area (Å²) in [6, 6.07) is 10.0. The Morgan fingerprint density at radius 1 is 0.875 bits per heavy atom. The van der Waals surface area contributed by atoms with Crippen LogP contribution in [0.3, 0.4) is 0 Å². The maximum absolute atomic E-state index is 5.82. The standard InChI is InChI=1S/C17H16N4O3/c1-22-15-13(10-20-17(21-15)23-2)14-16(19-9-8-18-14)24-11-12-6-4-3-5-7-12/h3-10H,11H2,1-2H3. The van der Waals surface area contributed by atoms with Crippen LogP contribution in [-0.4, -0.2) is 34.2 Å². The predicted molar refractivity (Wildman–Crippen MR) is 86.9 cm³/mol. The average molecular weight is 324 g/mol. The molecule has 0 fully saturated rings. The van der Waals surface area contributed by atoms with Gasteiger partial charge in [-0.3, -0.25) is 0 Å². The van der Waals surface area contributed by atoms with E-state index in [1.165, 1.54) is 14.2 Å². The monoisotopic (exact) mass is 324 g/mol. The van der Waals surface area contributed by atoms with Crippen LogP contribution in [0.5, 0.6) is 17.8 Å². The topological polar surface area (TPSA) is 79.3 Å². The van der Waals surface area contributed by atoms with E-state index in [4.69, 9.17) is 14.2 Å². The first kappa shape index (κ1) is 15.7. The fourth-order valence-corrected chi connectivity index (χ4v) is 2.11. The third-order valence-corrected chi connectivity index (χ3v) is 3.25. The quantitative estimate of drug-likeness (QED) is 0.689. The normalized spacial score (nSPS) is 10.2. The first-order chi connectivity index (χ1) is 11.8. The molecule has 0 N–H and O–H groups in total. The summed E-state index contributed by atoms with van der Waals surface area (Å²) in [6.45, 7) is 0.381. The van der Waals surface area contributed by atoms with Crippen LogP contribution in [0, 0.1) is 0 Å². The zero-order chi connectivity index (χ0) is 16.8. The van der Waals surface area contributed by atoms with E-state index in [0.29, 0.717) is 29.6 Å². The highest BCUT2D eigenvalue weighted by Gasteiger charge is 2.17. The van der Waals surface area contributed by atoms with E-state index < -0.39 is 0 Å². The second kappa shape index (κ2) is 7.36. The molecule has 0 spiro atoms. The molecule has 0 saturated carbocycles. The molecule has 0 aliphatic heterocycles. The van der Waals surface area contributed by atoms with Crippen LogP contribution in [0.25, 0.3) is 11.3 Å². The van der Waals surface area contributed by atoms with Crippen molar-refractivity contribution in [2.45, 2.75) is 6.61 Å². The highest BCUT2D eigenvalue weighted by atomic mass is 16.5. The lowest BCUT2D eigenvalue weighted by Gasteiger charge is -2.11. The van der Waals surface area contributed by atoms with Gasteiger partial charge in [0.05, 0.1) is 19.8 Å². The van der Waals surface area contributed by atoms with Crippen molar-refractivity contribution in [1.29, 1.82) is 0 Å². The molecule has 24 heavy (non-hydrogen) atoms. The van der Waals surface area contributed by atoms with Crippen LogP contribution in [0.1, 0.15) is 5.56 Å². The molecule has 7 nitrogen and oxygen atoms in total. The van der Waals surface area contributed by atoms with E-state index in [1.807, 2.05) is 30.3 Å². The molecule has 2 aromatic heterocycles. The smallest absolute Gasteiger partial charge is 0.319 e. The molecule has 0 aliphatic rings. The molecule has 3 aromatic rings. The Morgan fingerprint density at radius 3 is 2.42 bits per heavy atom. The Morgan fingerprint density at radius 2 is 1.67 bits per heavy atom. The molecule has 7 heteroatoms. The van der Waals surface area contributed by atoms with Crippen LogP contribution in [0.2, 0.25) is 0 Å². The van der Waals surface area contributed by atoms with Gasteiger partial charge in [0.2, 0.25) is 11.8 Å². The lowest BCUT2D eigenvalue weighted by Crippen LogP contribution is -2.03. The largest absolute Gasteiger partial charge is 0.480 e. The van der Waals surface area contributed by atoms with Crippen LogP contribution >= 0.6 is 0 Å². The minimum Gasteiger partial charge on any atom is -0.480 e. The molecule has 0 saturated heterocycles. The predicted octanol–water partition coefficient (Wildman–Crippen LogP) is 2.53. The third kappa shape index (κ3) is 3.40. The first-order valence-corrected chi connectivity index (χ1v) is 7.25. The van der Waals surface area contributed by atoms with Gasteiger partial charge in [0.25, 0.3) is 0 Å². The highest BCUT2D eigenvalue weighted by Crippen LogP contribution is 2.32. The number of nitrogens with zero attached hydrogens (tertiary/aromatic N) is 4. The molecule has 122 valence electrons. The van der Waals surface area contributed by atoms with E-state index in [-0.39, 0.29) is 6.01 Å². The summed E-state index contributed by atoms with van der Waals surface area (Å²) >= 11 is 0. The SMILES string of the molecule is COc1ncc(-c2nccnc2OCc2ccccc2)c(OC)n1. The molecule has 3 rings (SSSR count). The van der Waals surface area contributed by atoms with Crippen molar-refractivity contribution in [1.82, 2.24) is 19.9 Å². The average Bonchev–Trinajstić information content (AvgIpc) is 2.67. The van der Waals surface area contributed by atoms with E-state index in [2.05, 4.69) is 19.9 Å². The molecule has 2 heterocycles. The molecular formula is C17H16N4O3. The summed E-state index contributed by atoms with van der Waals surface area (Å²) in [5, 5.41) is 0. The summed E-state index contributed by atoms with van der Waals surface area (Å²) in [7, 11) is 3.01. The lowest BCUT2D eigenvalue weighted by molar-refractivity contribution is 0.293. The molecule has 0 radical (unpaired) electrons. The van der Waals surface area contributed by atoms with E-state index in [9.17, 15) is 0 Å². The second-order valence-corrected chi connectivity index (χ2v) is 4.76. The highest BCUT2D eigenvalue weighted by molar-refractivity contribution is 5.68. The molecule has 0 unspecified atom stereocenters. The lowest BCUT2D eigenvalue weighted by atomic mass is 10.2. The van der Waals surface area contributed by atoms with Crippen LogP contribution < -0.4 is 14.2 Å². The molecule has 0 aliphatic carbocycles. The summed E-state index contributed by atoms with van der Waals surface area (Å²) in [6.07, 6.45) is 4.72. The van der Waals surface area contributed by atoms with Gasteiger partial charge in [0.1, 0.15) is 12.3 Å². The Bertz CT molecular complexity index is 812. The van der Waals surface area contributed by atoms with E-state index >= 15 is 0 Å². The first-order valence-electron chi connectivity index (χ1n) is 7.25. The Labute approximate surface area is 139 Å². The van der Waals surface area contributed by atoms with Crippen molar-refractivity contribution in [3.05, 3.63) is 54.5 Å². The maximum Gasteiger partial charge on any atom is 0.319 e. The van der Waals surface area contributed by atoms with Gasteiger partial charge in [-0.1, -0.05) is 30.3 Å². The van der Waals surface area contributed by atoms with Gasteiger partial charge < -0.3 is 14.2 Å². The molecule has 0 atom stereocenters. The fraction of sp³-hybridized carbons (Fsp3) is 0.176. The Balaban J connectivity index is 1.92. The number of hydrogen-bond donors (Lipinski definition) is 0. The summed E-state index contributed by atoms with van der Waals surface area (Å²) in [4.78, 5) is 16.9. The van der Waals surface area contributed by atoms with E-state index in [0.717, 1.165) is 5.56 Å². The number of hydrogen-bond acceptors (Lipinski definition) is 7. The number of rotatable bonds is 6. The molecule has 0 bridgehead atoms. The summed E-state index contributed by atoms with van der Waals surface area (Å²) < 4.78 is 16.1. The van der Waals surface area contributed by atoms with Gasteiger partial charge in [0.15, 0.2) is 0 Å². The molecular weight excluding hydrogens is 308 g/mol. The van der Waals surface area contributed by atoms with Crippen LogP contribution in [0.4, 0.5) is 0 Å². The summed E-state index contributed by atoms with van der Waals surface area (Å²) in [5.41, 5.74) is 2.12. The van der Waals surface area contributed by atoms with Crippen molar-refractivity contribution >= 4 is 0 Å². The van der Waals surface area contributed by atoms with Crippen LogP contribution in [0.15, 0.2) is 48.9 Å². The zero-order valence-electron chi connectivity index (χ0n) is 13.3. The number of ether oxygens (including phenoxy) is 3.